The Morgan fingerprint density at radius 2 is 2.15 bits per heavy atom. The maximum absolute atomic E-state index is 12.7. The van der Waals surface area contributed by atoms with Gasteiger partial charge in [-0.1, -0.05) is 0 Å². The van der Waals surface area contributed by atoms with Crippen molar-refractivity contribution in [2.24, 2.45) is 0 Å². The van der Waals surface area contributed by atoms with Gasteiger partial charge in [-0.3, -0.25) is 4.79 Å². The first-order valence-corrected chi connectivity index (χ1v) is 6.97. The van der Waals surface area contributed by atoms with Gasteiger partial charge in [0.25, 0.3) is 5.91 Å². The van der Waals surface area contributed by atoms with Gasteiger partial charge in [0.05, 0.1) is 11.1 Å². The van der Waals surface area contributed by atoms with Crippen molar-refractivity contribution in [1.29, 1.82) is 0 Å². The number of carbonyl (C=O) groups excluding carboxylic acids is 1. The Morgan fingerprint density at radius 1 is 1.45 bits per heavy atom. The summed E-state index contributed by atoms with van der Waals surface area (Å²) in [6, 6.07) is 3.26. The monoisotopic (exact) mass is 350 g/mol. The van der Waals surface area contributed by atoms with Gasteiger partial charge < -0.3 is 10.2 Å². The van der Waals surface area contributed by atoms with Gasteiger partial charge in [-0.15, -0.1) is 0 Å². The minimum Gasteiger partial charge on any atom is -0.336 e. The number of amides is 1. The van der Waals surface area contributed by atoms with Gasteiger partial charge in [-0.2, -0.15) is 13.2 Å². The van der Waals surface area contributed by atoms with E-state index in [1.165, 1.54) is 6.07 Å². The van der Waals surface area contributed by atoms with Crippen LogP contribution in [0.1, 0.15) is 22.8 Å². The van der Waals surface area contributed by atoms with E-state index >= 15 is 0 Å². The van der Waals surface area contributed by atoms with Gasteiger partial charge in [0.2, 0.25) is 0 Å². The quantitative estimate of drug-likeness (QED) is 0.844. The van der Waals surface area contributed by atoms with Crippen LogP contribution in [0.5, 0.6) is 0 Å². The fourth-order valence-corrected chi connectivity index (χ4v) is 2.57. The molecule has 1 fully saturated rings. The average Bonchev–Trinajstić information content (AvgIpc) is 2.37. The first-order chi connectivity index (χ1) is 9.29. The molecule has 1 unspecified atom stereocenters. The molecule has 1 atom stereocenters. The molecule has 1 N–H and O–H groups in total. The Bertz CT molecular complexity index is 519. The van der Waals surface area contributed by atoms with E-state index in [1.807, 2.05) is 6.92 Å². The fraction of sp³-hybridized carbons (Fsp3) is 0.462. The molecular formula is C13H14BrF3N2O. The zero-order valence-corrected chi connectivity index (χ0v) is 12.4. The molecule has 3 nitrogen and oxygen atoms in total. The molecule has 0 spiro atoms. The van der Waals surface area contributed by atoms with Crippen LogP contribution in [0.25, 0.3) is 0 Å². The molecule has 0 aromatic heterocycles. The van der Waals surface area contributed by atoms with E-state index in [-0.39, 0.29) is 17.5 Å². The lowest BCUT2D eigenvalue weighted by Crippen LogP contribution is -2.51. The molecule has 7 heteroatoms. The van der Waals surface area contributed by atoms with Crippen LogP contribution in [0.2, 0.25) is 0 Å². The van der Waals surface area contributed by atoms with Crippen LogP contribution in [0.3, 0.4) is 0 Å². The van der Waals surface area contributed by atoms with Crippen LogP contribution in [0.4, 0.5) is 13.2 Å². The third-order valence-electron chi connectivity index (χ3n) is 3.18. The smallest absolute Gasteiger partial charge is 0.336 e. The summed E-state index contributed by atoms with van der Waals surface area (Å²) in [6.07, 6.45) is -4.45. The van der Waals surface area contributed by atoms with Gasteiger partial charge in [-0.05, 0) is 41.1 Å². The van der Waals surface area contributed by atoms with E-state index in [1.54, 1.807) is 4.90 Å². The molecule has 0 radical (unpaired) electrons. The number of nitrogens with one attached hydrogen (secondary N) is 1. The fourth-order valence-electron chi connectivity index (χ4n) is 2.15. The Labute approximate surface area is 123 Å². The zero-order chi connectivity index (χ0) is 14.9. The molecule has 20 heavy (non-hydrogen) atoms. The molecule has 0 aliphatic carbocycles. The van der Waals surface area contributed by atoms with Crippen LogP contribution in [-0.4, -0.2) is 36.5 Å². The van der Waals surface area contributed by atoms with Crippen LogP contribution in [0, 0.1) is 0 Å². The molecule has 0 saturated carbocycles. The molecule has 1 aliphatic heterocycles. The molecule has 2 rings (SSSR count). The summed E-state index contributed by atoms with van der Waals surface area (Å²) in [5.74, 6) is -0.378. The van der Waals surface area contributed by atoms with Crippen molar-refractivity contribution in [1.82, 2.24) is 10.2 Å². The first kappa shape index (κ1) is 15.3. The summed E-state index contributed by atoms with van der Waals surface area (Å²) in [5.41, 5.74) is -0.763. The summed E-state index contributed by atoms with van der Waals surface area (Å²) in [5, 5.41) is 3.18. The minimum atomic E-state index is -4.45. The number of piperazine rings is 1. The van der Waals surface area contributed by atoms with Gasteiger partial charge >= 0.3 is 6.18 Å². The van der Waals surface area contributed by atoms with Crippen LogP contribution in [-0.2, 0) is 6.18 Å². The Morgan fingerprint density at radius 3 is 2.75 bits per heavy atom. The predicted molar refractivity (Wildman–Crippen MR) is 72.5 cm³/mol. The van der Waals surface area contributed by atoms with Crippen molar-refractivity contribution in [3.63, 3.8) is 0 Å². The number of rotatable bonds is 1. The third kappa shape index (κ3) is 3.32. The maximum Gasteiger partial charge on any atom is 0.416 e. The van der Waals surface area contributed by atoms with Crippen LogP contribution in [0.15, 0.2) is 22.7 Å². The summed E-state index contributed by atoms with van der Waals surface area (Å²) in [7, 11) is 0. The summed E-state index contributed by atoms with van der Waals surface area (Å²) < 4.78 is 38.5. The number of halogens is 4. The number of hydrogen-bond acceptors (Lipinski definition) is 2. The average molecular weight is 351 g/mol. The second kappa shape index (κ2) is 5.73. The Balaban J connectivity index is 2.29. The molecule has 1 heterocycles. The zero-order valence-electron chi connectivity index (χ0n) is 10.8. The van der Waals surface area contributed by atoms with E-state index in [0.717, 1.165) is 12.1 Å². The van der Waals surface area contributed by atoms with Crippen molar-refractivity contribution in [3.8, 4) is 0 Å². The van der Waals surface area contributed by atoms with E-state index in [4.69, 9.17) is 0 Å². The highest BCUT2D eigenvalue weighted by molar-refractivity contribution is 9.10. The van der Waals surface area contributed by atoms with Crippen molar-refractivity contribution < 1.29 is 18.0 Å². The van der Waals surface area contributed by atoms with E-state index in [0.29, 0.717) is 24.1 Å². The van der Waals surface area contributed by atoms with Crippen LogP contribution < -0.4 is 5.32 Å². The minimum absolute atomic E-state index is 0.0499. The number of hydrogen-bond donors (Lipinski definition) is 1. The van der Waals surface area contributed by atoms with Crippen LogP contribution >= 0.6 is 15.9 Å². The maximum atomic E-state index is 12.7. The van der Waals surface area contributed by atoms with Gasteiger partial charge in [-0.25, -0.2) is 0 Å². The standard InChI is InChI=1S/C13H14BrF3N2O/c1-8-7-19(5-4-18-8)12(20)10-6-9(13(15,16)17)2-3-11(10)14/h2-3,6,8,18H,4-5,7H2,1H3. The summed E-state index contributed by atoms with van der Waals surface area (Å²) in [4.78, 5) is 13.9. The molecule has 1 aliphatic rings. The molecule has 1 aromatic rings. The molecule has 0 bridgehead atoms. The lowest BCUT2D eigenvalue weighted by atomic mass is 10.1. The molecule has 1 saturated heterocycles. The highest BCUT2D eigenvalue weighted by atomic mass is 79.9. The molecular weight excluding hydrogens is 337 g/mol. The van der Waals surface area contributed by atoms with Crippen molar-refractivity contribution in [3.05, 3.63) is 33.8 Å². The largest absolute Gasteiger partial charge is 0.416 e. The number of carbonyl (C=O) groups is 1. The molecule has 1 amide bonds. The number of benzene rings is 1. The van der Waals surface area contributed by atoms with E-state index in [2.05, 4.69) is 21.2 Å². The van der Waals surface area contributed by atoms with Crippen molar-refractivity contribution in [2.75, 3.05) is 19.6 Å². The lowest BCUT2D eigenvalue weighted by molar-refractivity contribution is -0.137. The SMILES string of the molecule is CC1CN(C(=O)c2cc(C(F)(F)F)ccc2Br)CCN1. The normalized spacial score (nSPS) is 20.1. The first-order valence-electron chi connectivity index (χ1n) is 6.18. The predicted octanol–water partition coefficient (Wildman–Crippen LogP) is 2.90. The van der Waals surface area contributed by atoms with E-state index < -0.39 is 11.7 Å². The lowest BCUT2D eigenvalue weighted by Gasteiger charge is -2.32. The topological polar surface area (TPSA) is 32.3 Å². The number of nitrogens with zero attached hydrogens (tertiary/aromatic N) is 1. The molecule has 1 aromatic carbocycles. The summed E-state index contributed by atoms with van der Waals surface area (Å²) >= 11 is 3.15. The van der Waals surface area contributed by atoms with Gasteiger partial charge in [0, 0.05) is 30.1 Å². The van der Waals surface area contributed by atoms with Gasteiger partial charge in [0.15, 0.2) is 0 Å². The van der Waals surface area contributed by atoms with Gasteiger partial charge in [0.1, 0.15) is 0 Å². The Kier molecular flexibility index (Phi) is 4.39. The highest BCUT2D eigenvalue weighted by Crippen LogP contribution is 2.32. The van der Waals surface area contributed by atoms with E-state index in [9.17, 15) is 18.0 Å². The number of alkyl halides is 3. The Hall–Kier alpha value is -1.08. The second-order valence-corrected chi connectivity index (χ2v) is 5.65. The molecule has 110 valence electrons. The van der Waals surface area contributed by atoms with Crippen molar-refractivity contribution >= 4 is 21.8 Å². The third-order valence-corrected chi connectivity index (χ3v) is 3.87. The van der Waals surface area contributed by atoms with Crippen molar-refractivity contribution in [2.45, 2.75) is 19.1 Å². The second-order valence-electron chi connectivity index (χ2n) is 4.80. The summed E-state index contributed by atoms with van der Waals surface area (Å²) in [6.45, 7) is 3.55. The highest BCUT2D eigenvalue weighted by Gasteiger charge is 2.32.